The molecule has 0 bridgehead atoms. The highest BCUT2D eigenvalue weighted by atomic mass is 32.5. The third-order valence-electron chi connectivity index (χ3n) is 11.5. The van der Waals surface area contributed by atoms with Crippen LogP contribution in [0.3, 0.4) is 0 Å². The van der Waals surface area contributed by atoms with Crippen LogP contribution in [0.1, 0.15) is 30.8 Å². The SMILES string of the molecule is CO[C@H]1[C@@H](O[P@@](O)(=S)OC[C@H]2O[C@@H](n3cnc4c(N)ncnc43)[C@H](O[P@](O)(=S)OC[C@H]3O[C@@H](n4cnc5c(C)ncnc54)[C@H](O)[C@@H]3O)[C@@H]2OC)[C@H](n2cnc3c(N)ncnc32)O[C@@H]1CCOC=O. The van der Waals surface area contributed by atoms with Gasteiger partial charge in [0.2, 0.25) is 0 Å². The van der Waals surface area contributed by atoms with Crippen molar-refractivity contribution in [1.29, 1.82) is 0 Å². The van der Waals surface area contributed by atoms with Gasteiger partial charge in [-0.3, -0.25) is 27.5 Å². The van der Waals surface area contributed by atoms with Crippen molar-refractivity contribution in [1.82, 2.24) is 58.6 Å². The lowest BCUT2D eigenvalue weighted by Crippen LogP contribution is -2.38. The maximum atomic E-state index is 11.7. The monoisotopic (exact) mass is 1030 g/mol. The Morgan fingerprint density at radius 3 is 1.65 bits per heavy atom. The summed E-state index contributed by atoms with van der Waals surface area (Å²) in [5.41, 5.74) is 14.5. The second kappa shape index (κ2) is 19.7. The van der Waals surface area contributed by atoms with E-state index in [9.17, 15) is 24.8 Å². The van der Waals surface area contributed by atoms with E-state index < -0.39 is 100 Å². The summed E-state index contributed by atoms with van der Waals surface area (Å²) in [7, 11) is 2.73. The number of hydrogen-bond acceptors (Lipinski definition) is 26. The van der Waals surface area contributed by atoms with E-state index in [-0.39, 0.29) is 47.0 Å². The van der Waals surface area contributed by atoms with Gasteiger partial charge in [-0.2, -0.15) is 0 Å². The number of aliphatic hydroxyl groups excluding tert-OH is 2. The normalized spacial score (nSPS) is 30.3. The summed E-state index contributed by atoms with van der Waals surface area (Å²) in [6, 6.07) is 0. The first-order valence-electron chi connectivity index (χ1n) is 20.4. The van der Waals surface area contributed by atoms with Crippen LogP contribution in [0.15, 0.2) is 38.0 Å². The Morgan fingerprint density at radius 2 is 1.10 bits per heavy atom. The topological polar surface area (TPSA) is 373 Å². The number of methoxy groups -OCH3 is 2. The average Bonchev–Trinajstić information content (AvgIpc) is 4.17. The summed E-state index contributed by atoms with van der Waals surface area (Å²) in [6.07, 6.45) is -6.00. The largest absolute Gasteiger partial charge is 0.468 e. The van der Waals surface area contributed by atoms with E-state index in [1.807, 2.05) is 0 Å². The van der Waals surface area contributed by atoms with Crippen molar-refractivity contribution in [2.24, 2.45) is 0 Å². The van der Waals surface area contributed by atoms with Gasteiger partial charge in [0, 0.05) is 20.6 Å². The molecule has 3 aliphatic heterocycles. The molecule has 0 radical (unpaired) electrons. The van der Waals surface area contributed by atoms with Crippen molar-refractivity contribution >= 4 is 88.7 Å². The first-order valence-corrected chi connectivity index (χ1v) is 25.6. The second-order valence-electron chi connectivity index (χ2n) is 15.5. The highest BCUT2D eigenvalue weighted by Crippen LogP contribution is 2.54. The molecule has 0 amide bonds. The van der Waals surface area contributed by atoms with Crippen LogP contribution in [-0.4, -0.2) is 174 Å². The molecular formula is C35H44N14O15P2S2. The molecule has 0 aliphatic carbocycles. The van der Waals surface area contributed by atoms with Crippen LogP contribution in [0.4, 0.5) is 11.6 Å². The van der Waals surface area contributed by atoms with Crippen molar-refractivity contribution < 1.29 is 71.3 Å². The maximum absolute atomic E-state index is 11.7. The zero-order valence-corrected chi connectivity index (χ0v) is 39.2. The quantitative estimate of drug-likeness (QED) is 0.0329. The molecule has 0 aromatic carbocycles. The molecule has 6 aromatic rings. The number of nitrogen functional groups attached to an aromatic ring is 2. The third kappa shape index (κ3) is 9.31. The van der Waals surface area contributed by atoms with Gasteiger partial charge in [0.1, 0.15) is 84.4 Å². The maximum Gasteiger partial charge on any atom is 0.325 e. The number of hydrogen-bond donors (Lipinski definition) is 6. The minimum atomic E-state index is -4.34. The van der Waals surface area contributed by atoms with Crippen LogP contribution in [0.5, 0.6) is 0 Å². The average molecular weight is 1030 g/mol. The minimum absolute atomic E-state index is 0.0315. The minimum Gasteiger partial charge on any atom is -0.468 e. The third-order valence-corrected chi connectivity index (χ3v) is 14.6. The molecule has 6 aromatic heterocycles. The Bertz CT molecular complexity index is 2880. The van der Waals surface area contributed by atoms with Gasteiger partial charge in [-0.1, -0.05) is 0 Å². The number of imidazole rings is 3. The Hall–Kier alpha value is -4.50. The number of carbonyl (C=O) groups is 1. The Balaban J connectivity index is 0.936. The highest BCUT2D eigenvalue weighted by molar-refractivity contribution is 8.07. The van der Waals surface area contributed by atoms with E-state index in [2.05, 4.69) is 44.9 Å². The zero-order valence-electron chi connectivity index (χ0n) is 35.8. The summed E-state index contributed by atoms with van der Waals surface area (Å²) in [5, 5.41) is 22.0. The number of aliphatic hydroxyl groups is 2. The summed E-state index contributed by atoms with van der Waals surface area (Å²) >= 11 is 11.1. The molecule has 29 nitrogen and oxygen atoms in total. The molecule has 68 heavy (non-hydrogen) atoms. The lowest BCUT2D eigenvalue weighted by atomic mass is 10.1. The van der Waals surface area contributed by atoms with Crippen LogP contribution < -0.4 is 11.5 Å². The van der Waals surface area contributed by atoms with Crippen molar-refractivity contribution in [3.63, 3.8) is 0 Å². The van der Waals surface area contributed by atoms with E-state index in [1.165, 1.54) is 65.9 Å². The molecule has 9 heterocycles. The lowest BCUT2D eigenvalue weighted by molar-refractivity contribution is -0.130. The molecule has 3 saturated heterocycles. The van der Waals surface area contributed by atoms with Gasteiger partial charge in [-0.05, 0) is 30.5 Å². The van der Waals surface area contributed by atoms with Crippen molar-refractivity contribution in [3.05, 3.63) is 43.7 Å². The number of anilines is 2. The molecule has 3 fully saturated rings. The number of ether oxygens (including phenoxy) is 6. The standard InChI is InChI=1S/C35H44N14O15P2S2/c1-15-19-30(41-8-38-15)47(11-44-19)33-23(52)22(51)17(61-33)6-58-65(53,67)64-27-25(56-3)18(62-35(27)49-13-46-21-29(37)40-10-43-32(21)49)7-59-66(54,68)63-26-24(55-2)16(4-5-57-14-50)60-34(26)48-12-45-20-28(36)39-9-42-31(20)48/h8-14,16-18,22-27,33-35,51-52H,4-7H2,1-3H3,(H,53,67)(H,54,68)(H2,36,39,42)(H2,37,40,43)/t16-,17-,18-,22-,23-,24-,25-,26-,27-,33-,34-,35-,65-,66+/m1/s1. The second-order valence-corrected chi connectivity index (χ2v) is 21.0. The van der Waals surface area contributed by atoms with Crippen molar-refractivity contribution in [2.75, 3.05) is 45.5 Å². The molecule has 0 saturated carbocycles. The van der Waals surface area contributed by atoms with Gasteiger partial charge in [-0.15, -0.1) is 0 Å². The number of nitrogens with zero attached hydrogens (tertiary/aromatic N) is 12. The van der Waals surface area contributed by atoms with Crippen LogP contribution in [0.2, 0.25) is 0 Å². The number of aryl methyl sites for hydroxylation is 1. The fraction of sp³-hybridized carbons (Fsp3) is 0.543. The summed E-state index contributed by atoms with van der Waals surface area (Å²) < 4.78 is 63.8. The van der Waals surface area contributed by atoms with Gasteiger partial charge in [0.25, 0.3) is 6.47 Å². The van der Waals surface area contributed by atoms with Gasteiger partial charge < -0.3 is 68.9 Å². The van der Waals surface area contributed by atoms with Gasteiger partial charge in [0.15, 0.2) is 47.3 Å². The number of carbonyl (C=O) groups excluding carboxylic acids is 1. The number of rotatable bonds is 19. The molecule has 8 N–H and O–H groups in total. The predicted octanol–water partition coefficient (Wildman–Crippen LogP) is -0.777. The Kier molecular flexibility index (Phi) is 14.1. The summed E-state index contributed by atoms with van der Waals surface area (Å²) in [4.78, 5) is 72.2. The first-order chi connectivity index (χ1) is 32.6. The van der Waals surface area contributed by atoms with Crippen LogP contribution in [0, 0.1) is 6.92 Å². The molecule has 9 rings (SSSR count). The van der Waals surface area contributed by atoms with Crippen LogP contribution in [-0.2, 0) is 74.9 Å². The molecule has 3 aliphatic rings. The molecule has 33 heteroatoms. The van der Waals surface area contributed by atoms with E-state index in [0.717, 1.165) is 0 Å². The molecule has 0 unspecified atom stereocenters. The highest BCUT2D eigenvalue weighted by Gasteiger charge is 2.53. The lowest BCUT2D eigenvalue weighted by Gasteiger charge is -2.29. The zero-order chi connectivity index (χ0) is 48.1. The molecule has 366 valence electrons. The van der Waals surface area contributed by atoms with Crippen molar-refractivity contribution in [2.45, 2.75) is 87.0 Å². The molecule has 14 atom stereocenters. The number of nitrogens with two attached hydrogens (primary N) is 2. The number of fused-ring (bicyclic) bond motifs is 3. The molecule has 0 spiro atoms. The fourth-order valence-corrected chi connectivity index (χ4v) is 11.1. The van der Waals surface area contributed by atoms with Crippen LogP contribution in [0.25, 0.3) is 33.5 Å². The predicted molar refractivity (Wildman–Crippen MR) is 236 cm³/mol. The van der Waals surface area contributed by atoms with E-state index in [0.29, 0.717) is 23.3 Å². The smallest absolute Gasteiger partial charge is 0.325 e. The van der Waals surface area contributed by atoms with E-state index >= 15 is 0 Å². The first kappa shape index (κ1) is 48.5. The fourth-order valence-electron chi connectivity index (χ4n) is 8.33. The Morgan fingerprint density at radius 1 is 0.647 bits per heavy atom. The van der Waals surface area contributed by atoms with Crippen LogP contribution >= 0.6 is 13.4 Å². The molecular weight excluding hydrogens is 983 g/mol. The number of aromatic nitrogens is 12. The van der Waals surface area contributed by atoms with Gasteiger partial charge in [0.05, 0.1) is 50.6 Å². The van der Waals surface area contributed by atoms with Gasteiger partial charge >= 0.3 is 13.4 Å². The van der Waals surface area contributed by atoms with Gasteiger partial charge in [-0.25, -0.2) is 44.9 Å². The van der Waals surface area contributed by atoms with E-state index in [1.54, 1.807) is 6.92 Å². The van der Waals surface area contributed by atoms with Crippen molar-refractivity contribution in [3.8, 4) is 0 Å². The Labute approximate surface area is 393 Å². The van der Waals surface area contributed by atoms with E-state index in [4.69, 9.17) is 81.6 Å². The summed E-state index contributed by atoms with van der Waals surface area (Å²) in [5.74, 6) is 0.165. The summed E-state index contributed by atoms with van der Waals surface area (Å²) in [6.45, 7) is -7.67.